The molecule has 1 aromatic rings. The average Bonchev–Trinajstić information content (AvgIpc) is 2.69. The van der Waals surface area contributed by atoms with Crippen LogP contribution in [0.1, 0.15) is 35.2 Å². The molecule has 3 N–H and O–H groups in total. The van der Waals surface area contributed by atoms with E-state index in [2.05, 4.69) is 10.5 Å². The van der Waals surface area contributed by atoms with E-state index in [0.717, 1.165) is 0 Å². The van der Waals surface area contributed by atoms with Crippen molar-refractivity contribution in [3.8, 4) is 0 Å². The fourth-order valence-corrected chi connectivity index (χ4v) is 1.57. The van der Waals surface area contributed by atoms with Crippen LogP contribution in [0.25, 0.3) is 0 Å². The number of carboxylic acids is 1. The highest BCUT2D eigenvalue weighted by molar-refractivity contribution is 5.98. The smallest absolute Gasteiger partial charge is 0.326 e. The van der Waals surface area contributed by atoms with Crippen molar-refractivity contribution in [2.75, 3.05) is 6.61 Å². The van der Waals surface area contributed by atoms with Crippen LogP contribution in [0.5, 0.6) is 0 Å². The predicted molar refractivity (Wildman–Crippen MR) is 61.2 cm³/mol. The number of aromatic nitrogens is 1. The molecule has 100 valence electrons. The molecule has 1 aromatic heterocycles. The van der Waals surface area contributed by atoms with Crippen molar-refractivity contribution in [3.05, 3.63) is 17.0 Å². The first kappa shape index (κ1) is 14.2. The molecule has 7 heteroatoms. The van der Waals surface area contributed by atoms with Gasteiger partial charge in [0.25, 0.3) is 5.91 Å². The molecule has 0 saturated heterocycles. The van der Waals surface area contributed by atoms with Gasteiger partial charge in [-0.2, -0.15) is 0 Å². The molecule has 0 unspecified atom stereocenters. The Balaban J connectivity index is 2.86. The maximum absolute atomic E-state index is 11.9. The molecule has 0 radical (unpaired) electrons. The van der Waals surface area contributed by atoms with E-state index < -0.39 is 17.9 Å². The van der Waals surface area contributed by atoms with Gasteiger partial charge in [-0.3, -0.25) is 4.79 Å². The first-order valence-corrected chi connectivity index (χ1v) is 5.60. The fraction of sp³-hybridized carbons (Fsp3) is 0.545. The molecule has 0 aromatic carbocycles. The Hall–Kier alpha value is -1.89. The topological polar surface area (TPSA) is 113 Å². The molecule has 0 saturated carbocycles. The van der Waals surface area contributed by atoms with E-state index >= 15 is 0 Å². The molecule has 1 amide bonds. The van der Waals surface area contributed by atoms with Crippen LogP contribution in [0.3, 0.4) is 0 Å². The molecule has 7 nitrogen and oxygen atoms in total. The minimum Gasteiger partial charge on any atom is -0.480 e. The van der Waals surface area contributed by atoms with E-state index in [-0.39, 0.29) is 18.6 Å². The number of aliphatic hydroxyl groups excluding tert-OH is 1. The molecular weight excluding hydrogens is 240 g/mol. The number of nitrogens with one attached hydrogen (secondary N) is 1. The van der Waals surface area contributed by atoms with Crippen LogP contribution < -0.4 is 5.32 Å². The number of carbonyl (C=O) groups excluding carboxylic acids is 1. The number of aryl methyl sites for hydroxylation is 2. The molecule has 18 heavy (non-hydrogen) atoms. The lowest BCUT2D eigenvalue weighted by molar-refractivity contribution is -0.139. The van der Waals surface area contributed by atoms with Gasteiger partial charge in [-0.1, -0.05) is 12.1 Å². The van der Waals surface area contributed by atoms with Gasteiger partial charge in [-0.25, -0.2) is 4.79 Å². The van der Waals surface area contributed by atoms with Crippen LogP contribution in [0.4, 0.5) is 0 Å². The van der Waals surface area contributed by atoms with E-state index in [0.29, 0.717) is 17.9 Å². The Morgan fingerprint density at radius 1 is 1.50 bits per heavy atom. The minimum absolute atomic E-state index is 0.0488. The number of hydrogen-bond donors (Lipinski definition) is 3. The van der Waals surface area contributed by atoms with E-state index in [4.69, 9.17) is 14.7 Å². The van der Waals surface area contributed by atoms with Crippen molar-refractivity contribution in [2.24, 2.45) is 0 Å². The largest absolute Gasteiger partial charge is 0.480 e. The van der Waals surface area contributed by atoms with E-state index in [1.807, 2.05) is 6.92 Å². The summed E-state index contributed by atoms with van der Waals surface area (Å²) in [6, 6.07) is -1.12. The Morgan fingerprint density at radius 3 is 2.67 bits per heavy atom. The number of nitrogens with zero attached hydrogens (tertiary/aromatic N) is 1. The Kier molecular flexibility index (Phi) is 4.85. The Labute approximate surface area is 104 Å². The summed E-state index contributed by atoms with van der Waals surface area (Å²) in [7, 11) is 0. The number of amides is 1. The standard InChI is InChI=1S/C11H16N2O5/c1-3-7-9(6(2)18-13-7)10(15)12-8(4-5-14)11(16)17/h8,14H,3-5H2,1-2H3,(H,12,15)(H,16,17)/t8-/m0/s1. The summed E-state index contributed by atoms with van der Waals surface area (Å²) in [6.07, 6.45) is 0.463. The van der Waals surface area contributed by atoms with Crippen LogP contribution in [0.2, 0.25) is 0 Å². The van der Waals surface area contributed by atoms with Crippen molar-refractivity contribution < 1.29 is 24.3 Å². The molecule has 0 aliphatic heterocycles. The average molecular weight is 256 g/mol. The second-order valence-electron chi connectivity index (χ2n) is 3.79. The number of rotatable bonds is 6. The second kappa shape index (κ2) is 6.15. The Morgan fingerprint density at radius 2 is 2.17 bits per heavy atom. The zero-order valence-corrected chi connectivity index (χ0v) is 10.3. The number of aliphatic carboxylic acids is 1. The van der Waals surface area contributed by atoms with Gasteiger partial charge in [0.15, 0.2) is 0 Å². The van der Waals surface area contributed by atoms with Gasteiger partial charge in [0, 0.05) is 13.0 Å². The van der Waals surface area contributed by atoms with Crippen molar-refractivity contribution in [3.63, 3.8) is 0 Å². The van der Waals surface area contributed by atoms with Crippen molar-refractivity contribution in [1.82, 2.24) is 10.5 Å². The maximum Gasteiger partial charge on any atom is 0.326 e. The van der Waals surface area contributed by atoms with Gasteiger partial charge in [0.2, 0.25) is 0 Å². The molecule has 0 spiro atoms. The zero-order chi connectivity index (χ0) is 13.7. The first-order chi connectivity index (χ1) is 8.51. The second-order valence-corrected chi connectivity index (χ2v) is 3.79. The maximum atomic E-state index is 11.9. The van der Waals surface area contributed by atoms with Crippen molar-refractivity contribution >= 4 is 11.9 Å². The highest BCUT2D eigenvalue weighted by atomic mass is 16.5. The summed E-state index contributed by atoms with van der Waals surface area (Å²) in [5.74, 6) is -1.39. The van der Waals surface area contributed by atoms with Crippen LogP contribution in [0.15, 0.2) is 4.52 Å². The van der Waals surface area contributed by atoms with Gasteiger partial charge < -0.3 is 20.1 Å². The fourth-order valence-electron chi connectivity index (χ4n) is 1.57. The number of aliphatic hydroxyl groups is 1. The van der Waals surface area contributed by atoms with Crippen LogP contribution in [-0.4, -0.2) is 39.9 Å². The van der Waals surface area contributed by atoms with Crippen LogP contribution >= 0.6 is 0 Å². The highest BCUT2D eigenvalue weighted by Gasteiger charge is 2.24. The number of hydrogen-bond acceptors (Lipinski definition) is 5. The lowest BCUT2D eigenvalue weighted by atomic mass is 10.1. The highest BCUT2D eigenvalue weighted by Crippen LogP contribution is 2.14. The van der Waals surface area contributed by atoms with E-state index in [9.17, 15) is 9.59 Å². The molecule has 0 aliphatic carbocycles. The monoisotopic (exact) mass is 256 g/mol. The predicted octanol–water partition coefficient (Wildman–Crippen LogP) is 0.111. The minimum atomic E-state index is -1.19. The third kappa shape index (κ3) is 3.07. The Bertz CT molecular complexity index is 441. The van der Waals surface area contributed by atoms with Crippen molar-refractivity contribution in [1.29, 1.82) is 0 Å². The quantitative estimate of drug-likeness (QED) is 0.666. The number of carboxylic acid groups (broad SMARTS) is 1. The third-order valence-corrected chi connectivity index (χ3v) is 2.52. The van der Waals surface area contributed by atoms with Gasteiger partial charge in [0.1, 0.15) is 17.4 Å². The summed E-state index contributed by atoms with van der Waals surface area (Å²) in [4.78, 5) is 22.8. The normalized spacial score (nSPS) is 12.2. The van der Waals surface area contributed by atoms with E-state index in [1.54, 1.807) is 6.92 Å². The lowest BCUT2D eigenvalue weighted by Crippen LogP contribution is -2.41. The summed E-state index contributed by atoms with van der Waals surface area (Å²) in [5.41, 5.74) is 0.750. The molecule has 0 fully saturated rings. The van der Waals surface area contributed by atoms with Gasteiger partial charge in [-0.15, -0.1) is 0 Å². The summed E-state index contributed by atoms with van der Waals surface area (Å²) in [6.45, 7) is 3.08. The molecule has 0 bridgehead atoms. The lowest BCUT2D eigenvalue weighted by Gasteiger charge is -2.12. The summed E-state index contributed by atoms with van der Waals surface area (Å²) in [5, 5.41) is 23.7. The third-order valence-electron chi connectivity index (χ3n) is 2.52. The summed E-state index contributed by atoms with van der Waals surface area (Å²) >= 11 is 0. The molecule has 1 atom stereocenters. The van der Waals surface area contributed by atoms with Crippen molar-refractivity contribution in [2.45, 2.75) is 32.7 Å². The summed E-state index contributed by atoms with van der Waals surface area (Å²) < 4.78 is 4.90. The van der Waals surface area contributed by atoms with Crippen LogP contribution in [-0.2, 0) is 11.2 Å². The van der Waals surface area contributed by atoms with Crippen LogP contribution in [0, 0.1) is 6.92 Å². The molecular formula is C11H16N2O5. The zero-order valence-electron chi connectivity index (χ0n) is 10.3. The molecule has 1 heterocycles. The van der Waals surface area contributed by atoms with Gasteiger partial charge >= 0.3 is 5.97 Å². The number of carbonyl (C=O) groups is 2. The molecule has 1 rings (SSSR count). The van der Waals surface area contributed by atoms with Gasteiger partial charge in [-0.05, 0) is 13.3 Å². The first-order valence-electron chi connectivity index (χ1n) is 5.60. The SMILES string of the molecule is CCc1noc(C)c1C(=O)N[C@@H](CCO)C(=O)O. The van der Waals surface area contributed by atoms with Gasteiger partial charge in [0.05, 0.1) is 5.69 Å². The molecule has 0 aliphatic rings. The van der Waals surface area contributed by atoms with E-state index in [1.165, 1.54) is 0 Å².